The Morgan fingerprint density at radius 1 is 1.03 bits per heavy atom. The van der Waals surface area contributed by atoms with E-state index in [1.54, 1.807) is 0 Å². The van der Waals surface area contributed by atoms with Crippen molar-refractivity contribution >= 4 is 27.6 Å². The van der Waals surface area contributed by atoms with Gasteiger partial charge in [0.15, 0.2) is 5.78 Å². The number of benzene rings is 3. The van der Waals surface area contributed by atoms with Crippen LogP contribution in [0.25, 0.3) is 21.8 Å². The molecule has 32 heavy (non-hydrogen) atoms. The summed E-state index contributed by atoms with van der Waals surface area (Å²) in [5, 5.41) is 2.31. The fraction of sp³-hybridized carbons (Fsp3) is 0.321. The molecule has 1 aromatic heterocycles. The molecular formula is C28H29NO3. The second kappa shape index (κ2) is 8.79. The topological polar surface area (TPSA) is 40.5 Å². The maximum absolute atomic E-state index is 13.4. The number of fused-ring (bicyclic) bond motifs is 3. The summed E-state index contributed by atoms with van der Waals surface area (Å²) in [7, 11) is 0. The largest absolute Gasteiger partial charge is 0.491 e. The molecule has 1 unspecified atom stereocenters. The summed E-state index contributed by atoms with van der Waals surface area (Å²) in [5.41, 5.74) is 4.71. The van der Waals surface area contributed by atoms with Crippen LogP contribution in [0.2, 0.25) is 0 Å². The Morgan fingerprint density at radius 3 is 2.66 bits per heavy atom. The number of hydrogen-bond donors (Lipinski definition) is 0. The highest BCUT2D eigenvalue weighted by Gasteiger charge is 2.17. The van der Waals surface area contributed by atoms with Gasteiger partial charge in [-0.1, -0.05) is 18.2 Å². The Kier molecular flexibility index (Phi) is 5.71. The van der Waals surface area contributed by atoms with Gasteiger partial charge in [-0.2, -0.15) is 0 Å². The lowest BCUT2D eigenvalue weighted by Crippen LogP contribution is -2.25. The monoisotopic (exact) mass is 427 g/mol. The number of nitrogens with zero attached hydrogens (tertiary/aromatic N) is 1. The van der Waals surface area contributed by atoms with Gasteiger partial charge < -0.3 is 14.0 Å². The zero-order chi connectivity index (χ0) is 22.1. The molecule has 1 fully saturated rings. The van der Waals surface area contributed by atoms with E-state index >= 15 is 0 Å². The minimum atomic E-state index is 0.0416. The molecule has 0 aliphatic carbocycles. The standard InChI is InChI=1S/C28H29NO3/c1-3-29-26-10-5-4-9-24(26)25-17-20(11-14-27(25)29)28(30)23-13-12-21(16-19(23)2)32-18-22-8-6-7-15-31-22/h4-5,9-14,16-17,22H,3,6-8,15,18H2,1-2H3. The van der Waals surface area contributed by atoms with Crippen LogP contribution in [0.15, 0.2) is 60.7 Å². The minimum absolute atomic E-state index is 0.0416. The van der Waals surface area contributed by atoms with E-state index in [1.807, 2.05) is 37.3 Å². The molecule has 4 aromatic rings. The van der Waals surface area contributed by atoms with Crippen molar-refractivity contribution < 1.29 is 14.3 Å². The van der Waals surface area contributed by atoms with Crippen LogP contribution in [0.5, 0.6) is 5.75 Å². The fourth-order valence-corrected chi connectivity index (χ4v) is 4.80. The van der Waals surface area contributed by atoms with Crippen molar-refractivity contribution in [3.63, 3.8) is 0 Å². The number of carbonyl (C=O) groups is 1. The summed E-state index contributed by atoms with van der Waals surface area (Å²) in [4.78, 5) is 13.4. The first-order valence-corrected chi connectivity index (χ1v) is 11.6. The number of ketones is 1. The van der Waals surface area contributed by atoms with Crippen molar-refractivity contribution in [1.82, 2.24) is 4.57 Å². The summed E-state index contributed by atoms with van der Waals surface area (Å²) in [6.45, 7) is 6.40. The number of hydrogen-bond acceptors (Lipinski definition) is 3. The SMILES string of the molecule is CCn1c2ccccc2c2cc(C(=O)c3ccc(OCC4CCCCO4)cc3C)ccc21. The van der Waals surface area contributed by atoms with Crippen LogP contribution in [0.3, 0.4) is 0 Å². The molecule has 3 aromatic carbocycles. The van der Waals surface area contributed by atoms with Crippen LogP contribution in [-0.4, -0.2) is 29.7 Å². The van der Waals surface area contributed by atoms with E-state index in [0.717, 1.165) is 48.2 Å². The van der Waals surface area contributed by atoms with Crippen LogP contribution in [0.1, 0.15) is 47.7 Å². The highest BCUT2D eigenvalue weighted by Crippen LogP contribution is 2.31. The Balaban J connectivity index is 1.41. The first-order valence-electron chi connectivity index (χ1n) is 11.6. The van der Waals surface area contributed by atoms with Gasteiger partial charge in [0.2, 0.25) is 0 Å². The van der Waals surface area contributed by atoms with Gasteiger partial charge in [-0.3, -0.25) is 4.79 Å². The maximum Gasteiger partial charge on any atom is 0.193 e. The molecule has 0 bridgehead atoms. The lowest BCUT2D eigenvalue weighted by atomic mass is 9.97. The number of rotatable bonds is 6. The van der Waals surface area contributed by atoms with Gasteiger partial charge in [-0.15, -0.1) is 0 Å². The molecule has 0 amide bonds. The van der Waals surface area contributed by atoms with Crippen LogP contribution in [0.4, 0.5) is 0 Å². The van der Waals surface area contributed by atoms with Crippen LogP contribution in [0, 0.1) is 6.92 Å². The Labute approximate surface area is 188 Å². The second-order valence-corrected chi connectivity index (χ2v) is 8.60. The van der Waals surface area contributed by atoms with Gasteiger partial charge in [0.1, 0.15) is 12.4 Å². The summed E-state index contributed by atoms with van der Waals surface area (Å²) in [5.74, 6) is 0.828. The molecule has 1 aliphatic rings. The third kappa shape index (κ3) is 3.80. The number of aryl methyl sites for hydroxylation is 2. The van der Waals surface area contributed by atoms with E-state index in [-0.39, 0.29) is 11.9 Å². The predicted molar refractivity (Wildman–Crippen MR) is 129 cm³/mol. The van der Waals surface area contributed by atoms with Crippen LogP contribution in [-0.2, 0) is 11.3 Å². The van der Waals surface area contributed by atoms with Crippen molar-refractivity contribution in [2.75, 3.05) is 13.2 Å². The molecule has 5 rings (SSSR count). The molecule has 1 atom stereocenters. The first kappa shape index (κ1) is 20.8. The van der Waals surface area contributed by atoms with Crippen molar-refractivity contribution in [3.8, 4) is 5.75 Å². The molecule has 0 spiro atoms. The van der Waals surface area contributed by atoms with Gasteiger partial charge in [0, 0.05) is 46.1 Å². The average molecular weight is 428 g/mol. The lowest BCUT2D eigenvalue weighted by Gasteiger charge is -2.22. The summed E-state index contributed by atoms with van der Waals surface area (Å²) in [6, 6.07) is 20.2. The number of ether oxygens (including phenoxy) is 2. The molecule has 1 aliphatic heterocycles. The predicted octanol–water partition coefficient (Wildman–Crippen LogP) is 6.30. The molecule has 164 valence electrons. The molecule has 0 saturated carbocycles. The first-order chi connectivity index (χ1) is 15.7. The zero-order valence-corrected chi connectivity index (χ0v) is 18.8. The quantitative estimate of drug-likeness (QED) is 0.339. The van der Waals surface area contributed by atoms with Gasteiger partial charge in [0.05, 0.1) is 6.10 Å². The number of carbonyl (C=O) groups excluding carboxylic acids is 1. The smallest absolute Gasteiger partial charge is 0.193 e. The fourth-order valence-electron chi connectivity index (χ4n) is 4.80. The molecule has 4 heteroatoms. The second-order valence-electron chi connectivity index (χ2n) is 8.60. The Morgan fingerprint density at radius 2 is 1.88 bits per heavy atom. The molecule has 2 heterocycles. The molecule has 4 nitrogen and oxygen atoms in total. The van der Waals surface area contributed by atoms with E-state index in [4.69, 9.17) is 9.47 Å². The maximum atomic E-state index is 13.4. The van der Waals surface area contributed by atoms with E-state index < -0.39 is 0 Å². The average Bonchev–Trinajstić information content (AvgIpc) is 3.16. The van der Waals surface area contributed by atoms with Crippen molar-refractivity contribution in [2.24, 2.45) is 0 Å². The van der Waals surface area contributed by atoms with E-state index in [2.05, 4.69) is 41.8 Å². The van der Waals surface area contributed by atoms with Gasteiger partial charge in [0.25, 0.3) is 0 Å². The third-order valence-corrected chi connectivity index (χ3v) is 6.50. The normalized spacial score (nSPS) is 16.5. The number of aromatic nitrogens is 1. The van der Waals surface area contributed by atoms with E-state index in [9.17, 15) is 4.79 Å². The van der Waals surface area contributed by atoms with Gasteiger partial charge >= 0.3 is 0 Å². The summed E-state index contributed by atoms with van der Waals surface area (Å²) >= 11 is 0. The summed E-state index contributed by atoms with van der Waals surface area (Å²) < 4.78 is 14.0. The highest BCUT2D eigenvalue weighted by atomic mass is 16.5. The molecule has 0 N–H and O–H groups in total. The molecular weight excluding hydrogens is 398 g/mol. The van der Waals surface area contributed by atoms with Gasteiger partial charge in [-0.05, 0) is 81.1 Å². The van der Waals surface area contributed by atoms with Crippen molar-refractivity contribution in [2.45, 2.75) is 45.8 Å². The Bertz CT molecular complexity index is 1280. The van der Waals surface area contributed by atoms with Gasteiger partial charge in [-0.25, -0.2) is 0 Å². The number of para-hydroxylation sites is 1. The summed E-state index contributed by atoms with van der Waals surface area (Å²) in [6.07, 6.45) is 3.55. The van der Waals surface area contributed by atoms with Crippen molar-refractivity contribution in [3.05, 3.63) is 77.4 Å². The highest BCUT2D eigenvalue weighted by molar-refractivity contribution is 6.15. The van der Waals surface area contributed by atoms with Crippen LogP contribution < -0.4 is 4.74 Å². The minimum Gasteiger partial charge on any atom is -0.491 e. The van der Waals surface area contributed by atoms with Crippen molar-refractivity contribution in [1.29, 1.82) is 0 Å². The van der Waals surface area contributed by atoms with Crippen LogP contribution >= 0.6 is 0 Å². The molecule has 0 radical (unpaired) electrons. The van der Waals surface area contributed by atoms with E-state index in [0.29, 0.717) is 17.7 Å². The zero-order valence-electron chi connectivity index (χ0n) is 18.8. The lowest BCUT2D eigenvalue weighted by molar-refractivity contribution is -0.0110. The third-order valence-electron chi connectivity index (χ3n) is 6.50. The molecule has 1 saturated heterocycles. The van der Waals surface area contributed by atoms with E-state index in [1.165, 1.54) is 17.3 Å². The Hall–Kier alpha value is -3.11.